The van der Waals surface area contributed by atoms with Gasteiger partial charge in [0.1, 0.15) is 10.7 Å². The van der Waals surface area contributed by atoms with Crippen LogP contribution in [0.4, 0.5) is 0 Å². The minimum Gasteiger partial charge on any atom is -0.373 e. The number of thiophene rings is 1. The second-order valence-corrected chi connectivity index (χ2v) is 7.13. The third-order valence-corrected chi connectivity index (χ3v) is 5.06. The normalized spacial score (nSPS) is 23.8. The number of morpholine rings is 1. The van der Waals surface area contributed by atoms with Gasteiger partial charge in [0.25, 0.3) is 5.56 Å². The number of nitrogens with zero attached hydrogens (tertiary/aromatic N) is 2. The lowest BCUT2D eigenvalue weighted by molar-refractivity contribution is -0.0710. The molecule has 2 aromatic rings. The van der Waals surface area contributed by atoms with E-state index in [-0.39, 0.29) is 17.8 Å². The summed E-state index contributed by atoms with van der Waals surface area (Å²) in [6.07, 6.45) is 0.436. The Morgan fingerprint density at radius 3 is 2.67 bits per heavy atom. The number of rotatable bonds is 2. The highest BCUT2D eigenvalue weighted by Gasteiger charge is 2.23. The lowest BCUT2D eigenvalue weighted by Crippen LogP contribution is -2.45. The SMILES string of the molecule is Cc1sc2nc(CN3CC(C)OC(C)C3)[nH]c(=O)c2c1C. The first-order valence-corrected chi connectivity index (χ1v) is 8.12. The molecule has 0 saturated carbocycles. The Morgan fingerprint density at radius 1 is 1.33 bits per heavy atom. The number of fused-ring (bicyclic) bond motifs is 1. The van der Waals surface area contributed by atoms with E-state index in [2.05, 4.69) is 28.7 Å². The van der Waals surface area contributed by atoms with E-state index in [1.807, 2.05) is 13.8 Å². The molecule has 0 bridgehead atoms. The van der Waals surface area contributed by atoms with Gasteiger partial charge in [0.2, 0.25) is 0 Å². The molecule has 1 saturated heterocycles. The van der Waals surface area contributed by atoms with E-state index >= 15 is 0 Å². The van der Waals surface area contributed by atoms with E-state index in [0.717, 1.165) is 39.6 Å². The Balaban J connectivity index is 1.89. The maximum atomic E-state index is 12.3. The van der Waals surface area contributed by atoms with Crippen LogP contribution in [0.2, 0.25) is 0 Å². The number of hydrogen-bond donors (Lipinski definition) is 1. The van der Waals surface area contributed by atoms with Crippen LogP contribution < -0.4 is 5.56 Å². The summed E-state index contributed by atoms with van der Waals surface area (Å²) in [6, 6.07) is 0. The van der Waals surface area contributed by atoms with Crippen LogP contribution in [0.5, 0.6) is 0 Å². The summed E-state index contributed by atoms with van der Waals surface area (Å²) in [4.78, 5) is 24.1. The molecule has 2 unspecified atom stereocenters. The molecular formula is C15H21N3O2S. The zero-order valence-electron chi connectivity index (χ0n) is 12.9. The van der Waals surface area contributed by atoms with Crippen molar-refractivity contribution in [2.24, 2.45) is 0 Å². The van der Waals surface area contributed by atoms with Crippen molar-refractivity contribution in [3.8, 4) is 0 Å². The number of nitrogens with one attached hydrogen (secondary N) is 1. The van der Waals surface area contributed by atoms with Crippen molar-refractivity contribution in [3.05, 3.63) is 26.6 Å². The maximum absolute atomic E-state index is 12.3. The van der Waals surface area contributed by atoms with Crippen molar-refractivity contribution in [2.75, 3.05) is 13.1 Å². The molecule has 21 heavy (non-hydrogen) atoms. The first-order valence-electron chi connectivity index (χ1n) is 7.30. The van der Waals surface area contributed by atoms with Gasteiger partial charge in [-0.3, -0.25) is 9.69 Å². The molecule has 6 heteroatoms. The summed E-state index contributed by atoms with van der Waals surface area (Å²) in [5.74, 6) is 0.745. The Morgan fingerprint density at radius 2 is 2.00 bits per heavy atom. The zero-order valence-corrected chi connectivity index (χ0v) is 13.7. The van der Waals surface area contributed by atoms with E-state index in [0.29, 0.717) is 6.54 Å². The summed E-state index contributed by atoms with van der Waals surface area (Å²) in [5.41, 5.74) is 1.02. The number of aromatic amines is 1. The molecule has 114 valence electrons. The molecule has 1 fully saturated rings. The van der Waals surface area contributed by atoms with Gasteiger partial charge in [0.05, 0.1) is 24.1 Å². The minimum absolute atomic E-state index is 0.0220. The fourth-order valence-electron chi connectivity index (χ4n) is 3.00. The van der Waals surface area contributed by atoms with Gasteiger partial charge in [-0.15, -0.1) is 11.3 Å². The topological polar surface area (TPSA) is 58.2 Å². The second kappa shape index (κ2) is 5.51. The predicted octanol–water partition coefficient (Wildman–Crippen LogP) is 2.21. The fourth-order valence-corrected chi connectivity index (χ4v) is 4.05. The highest BCUT2D eigenvalue weighted by molar-refractivity contribution is 7.18. The fraction of sp³-hybridized carbons (Fsp3) is 0.600. The smallest absolute Gasteiger partial charge is 0.259 e. The van der Waals surface area contributed by atoms with Gasteiger partial charge < -0.3 is 9.72 Å². The molecule has 0 radical (unpaired) electrons. The maximum Gasteiger partial charge on any atom is 0.259 e. The largest absolute Gasteiger partial charge is 0.373 e. The third-order valence-electron chi connectivity index (χ3n) is 3.96. The highest BCUT2D eigenvalue weighted by atomic mass is 32.1. The van der Waals surface area contributed by atoms with Crippen molar-refractivity contribution in [1.82, 2.24) is 14.9 Å². The van der Waals surface area contributed by atoms with Crippen LogP contribution in [0.3, 0.4) is 0 Å². The average Bonchev–Trinajstić information content (AvgIpc) is 2.63. The van der Waals surface area contributed by atoms with Gasteiger partial charge in [0, 0.05) is 18.0 Å². The van der Waals surface area contributed by atoms with E-state index < -0.39 is 0 Å². The molecule has 5 nitrogen and oxygen atoms in total. The number of ether oxygens (including phenoxy) is 1. The van der Waals surface area contributed by atoms with Crippen molar-refractivity contribution in [1.29, 1.82) is 0 Å². The average molecular weight is 307 g/mol. The van der Waals surface area contributed by atoms with Crippen LogP contribution in [-0.2, 0) is 11.3 Å². The number of aromatic nitrogens is 2. The monoisotopic (exact) mass is 307 g/mol. The highest BCUT2D eigenvalue weighted by Crippen LogP contribution is 2.25. The Hall–Kier alpha value is -1.24. The summed E-state index contributed by atoms with van der Waals surface area (Å²) in [7, 11) is 0. The standard InChI is InChI=1S/C15H21N3O2S/c1-8-5-18(6-9(2)20-8)7-12-16-14(19)13-10(3)11(4)21-15(13)17-12/h8-9H,5-7H2,1-4H3,(H,16,17,19). The molecule has 3 heterocycles. The van der Waals surface area contributed by atoms with Crippen LogP contribution in [0.1, 0.15) is 30.1 Å². The molecule has 0 aromatic carbocycles. The molecule has 1 aliphatic heterocycles. The van der Waals surface area contributed by atoms with Crippen LogP contribution >= 0.6 is 11.3 Å². The summed E-state index contributed by atoms with van der Waals surface area (Å²) in [5, 5.41) is 0.741. The van der Waals surface area contributed by atoms with Crippen LogP contribution in [0, 0.1) is 13.8 Å². The summed E-state index contributed by atoms with van der Waals surface area (Å²) in [6.45, 7) is 10.6. The molecule has 1 aliphatic rings. The number of H-pyrrole nitrogens is 1. The van der Waals surface area contributed by atoms with Gasteiger partial charge in [-0.05, 0) is 33.3 Å². The van der Waals surface area contributed by atoms with E-state index in [4.69, 9.17) is 4.74 Å². The van der Waals surface area contributed by atoms with Gasteiger partial charge in [-0.25, -0.2) is 4.98 Å². The van der Waals surface area contributed by atoms with E-state index in [1.54, 1.807) is 11.3 Å². The number of aryl methyl sites for hydroxylation is 2. The third kappa shape index (κ3) is 2.88. The summed E-state index contributed by atoms with van der Waals surface area (Å²) >= 11 is 1.60. The molecule has 0 aliphatic carbocycles. The Kier molecular flexibility index (Phi) is 3.86. The molecule has 0 spiro atoms. The molecule has 3 rings (SSSR count). The van der Waals surface area contributed by atoms with Gasteiger partial charge in [0.15, 0.2) is 0 Å². The quantitative estimate of drug-likeness (QED) is 0.924. The first-order chi connectivity index (χ1) is 9.94. The molecule has 0 amide bonds. The molecular weight excluding hydrogens is 286 g/mol. The lowest BCUT2D eigenvalue weighted by atomic mass is 10.2. The first kappa shape index (κ1) is 14.7. The van der Waals surface area contributed by atoms with Crippen LogP contribution in [-0.4, -0.2) is 40.2 Å². The van der Waals surface area contributed by atoms with Gasteiger partial charge >= 0.3 is 0 Å². The van der Waals surface area contributed by atoms with Crippen LogP contribution in [0.25, 0.3) is 10.2 Å². The minimum atomic E-state index is -0.0220. The van der Waals surface area contributed by atoms with E-state index in [1.165, 1.54) is 0 Å². The van der Waals surface area contributed by atoms with Crippen molar-refractivity contribution in [2.45, 2.75) is 46.4 Å². The summed E-state index contributed by atoms with van der Waals surface area (Å²) < 4.78 is 5.74. The Labute approximate surface area is 128 Å². The lowest BCUT2D eigenvalue weighted by Gasteiger charge is -2.34. The van der Waals surface area contributed by atoms with Gasteiger partial charge in [-0.1, -0.05) is 0 Å². The van der Waals surface area contributed by atoms with Crippen molar-refractivity contribution in [3.63, 3.8) is 0 Å². The second-order valence-electron chi connectivity index (χ2n) is 5.93. The zero-order chi connectivity index (χ0) is 15.1. The molecule has 2 aromatic heterocycles. The molecule has 2 atom stereocenters. The predicted molar refractivity (Wildman–Crippen MR) is 85.0 cm³/mol. The molecule has 1 N–H and O–H groups in total. The Bertz CT molecular complexity index is 712. The van der Waals surface area contributed by atoms with Crippen LogP contribution in [0.15, 0.2) is 4.79 Å². The number of hydrogen-bond acceptors (Lipinski definition) is 5. The van der Waals surface area contributed by atoms with Crippen molar-refractivity contribution < 1.29 is 4.74 Å². The van der Waals surface area contributed by atoms with E-state index in [9.17, 15) is 4.79 Å². The van der Waals surface area contributed by atoms with Crippen molar-refractivity contribution >= 4 is 21.6 Å². The van der Waals surface area contributed by atoms with Gasteiger partial charge in [-0.2, -0.15) is 0 Å².